The third kappa shape index (κ3) is 4.52. The van der Waals surface area contributed by atoms with Crippen molar-refractivity contribution in [1.82, 2.24) is 19.8 Å². The number of aromatic nitrogens is 2. The molecule has 2 aliphatic heterocycles. The van der Waals surface area contributed by atoms with Gasteiger partial charge in [0.2, 0.25) is 11.6 Å². The van der Waals surface area contributed by atoms with Gasteiger partial charge >= 0.3 is 0 Å². The van der Waals surface area contributed by atoms with Crippen molar-refractivity contribution in [3.63, 3.8) is 0 Å². The van der Waals surface area contributed by atoms with Gasteiger partial charge in [-0.25, -0.2) is 4.98 Å². The molecule has 33 heavy (non-hydrogen) atoms. The number of hydrogen-bond donors (Lipinski definition) is 1. The van der Waals surface area contributed by atoms with Gasteiger partial charge in [-0.1, -0.05) is 35.7 Å². The summed E-state index contributed by atoms with van der Waals surface area (Å²) in [4.78, 5) is 19.4. The van der Waals surface area contributed by atoms with Crippen molar-refractivity contribution in [2.24, 2.45) is 0 Å². The minimum absolute atomic E-state index is 0.0106. The summed E-state index contributed by atoms with van der Waals surface area (Å²) in [6.07, 6.45) is 7.20. The fourth-order valence-electron chi connectivity index (χ4n) is 4.82. The second-order valence-corrected chi connectivity index (χ2v) is 9.67. The Morgan fingerprint density at radius 3 is 2.82 bits per heavy atom. The van der Waals surface area contributed by atoms with Crippen LogP contribution in [0.5, 0.6) is 0 Å². The molecule has 1 fully saturated rings. The predicted octanol–water partition coefficient (Wildman–Crippen LogP) is 4.65. The highest BCUT2D eigenvalue weighted by molar-refractivity contribution is 6.35. The Morgan fingerprint density at radius 1 is 1.21 bits per heavy atom. The average Bonchev–Trinajstić information content (AvgIpc) is 3.27. The van der Waals surface area contributed by atoms with E-state index in [1.807, 2.05) is 23.4 Å². The molecule has 5 rings (SSSR count). The molecule has 1 saturated heterocycles. The van der Waals surface area contributed by atoms with E-state index in [2.05, 4.69) is 50.8 Å². The fraction of sp³-hybridized carbons (Fsp3) is 0.400. The molecular formula is C25H28Cl2N5O+. The number of nitrogens with zero attached hydrogens (tertiary/aromatic N) is 4. The molecule has 0 spiro atoms. The van der Waals surface area contributed by atoms with Crippen LogP contribution in [0.1, 0.15) is 37.8 Å². The van der Waals surface area contributed by atoms with Crippen molar-refractivity contribution in [3.05, 3.63) is 58.3 Å². The lowest BCUT2D eigenvalue weighted by Gasteiger charge is -2.30. The van der Waals surface area contributed by atoms with Gasteiger partial charge in [0.1, 0.15) is 0 Å². The van der Waals surface area contributed by atoms with Crippen LogP contribution in [0.4, 0.5) is 5.69 Å². The lowest BCUT2D eigenvalue weighted by Crippen LogP contribution is -2.52. The molecule has 6 nitrogen and oxygen atoms in total. The number of halogens is 2. The minimum Gasteiger partial charge on any atom is -0.325 e. The Morgan fingerprint density at radius 2 is 2.09 bits per heavy atom. The summed E-state index contributed by atoms with van der Waals surface area (Å²) in [6.45, 7) is 5.18. The number of nitrogens with one attached hydrogen (secondary N) is 1. The lowest BCUT2D eigenvalue weighted by molar-refractivity contribution is -0.442. The fourth-order valence-corrected chi connectivity index (χ4v) is 5.38. The van der Waals surface area contributed by atoms with Crippen LogP contribution in [-0.4, -0.2) is 63.4 Å². The van der Waals surface area contributed by atoms with E-state index < -0.39 is 0 Å². The van der Waals surface area contributed by atoms with Gasteiger partial charge in [-0.3, -0.25) is 4.79 Å². The van der Waals surface area contributed by atoms with Crippen LogP contribution in [0, 0.1) is 0 Å². The third-order valence-corrected chi connectivity index (χ3v) is 7.34. The molecule has 2 aromatic carbocycles. The van der Waals surface area contributed by atoms with E-state index in [0.29, 0.717) is 16.6 Å². The van der Waals surface area contributed by atoms with E-state index in [0.717, 1.165) is 61.2 Å². The second-order valence-electron chi connectivity index (χ2n) is 8.83. The molecule has 0 saturated carbocycles. The number of amides is 1. The molecule has 0 radical (unpaired) electrons. The summed E-state index contributed by atoms with van der Waals surface area (Å²) in [6, 6.07) is 11.9. The van der Waals surface area contributed by atoms with Gasteiger partial charge in [-0.2, -0.15) is 4.58 Å². The smallest absolute Gasteiger partial charge is 0.240 e. The zero-order chi connectivity index (χ0) is 22.9. The standard InChI is InChI=1S/C25H28Cl2N5O/c1-17(20-7-5-18(26)14-21(20)27)32-16-29-22-8-6-19(15-24(22)32)30-10-12-31(13-11-30)25(33)23-4-2-3-9-28-23/h5-8,10,14-17,23,28H,2-4,9,11-13H2,1H3/q+1. The van der Waals surface area contributed by atoms with Gasteiger partial charge in [0.05, 0.1) is 42.5 Å². The van der Waals surface area contributed by atoms with E-state index >= 15 is 0 Å². The van der Waals surface area contributed by atoms with E-state index in [9.17, 15) is 4.79 Å². The van der Waals surface area contributed by atoms with Gasteiger partial charge in [0.15, 0.2) is 12.8 Å². The maximum absolute atomic E-state index is 12.8. The SMILES string of the molecule is CC(c1ccc(Cl)cc1Cl)n1cnc2ccc([N+]3=CCN(C(=O)C4CCCCN4)CC3)cc21. The van der Waals surface area contributed by atoms with Crippen LogP contribution in [-0.2, 0) is 4.79 Å². The number of rotatable bonds is 4. The van der Waals surface area contributed by atoms with Gasteiger partial charge in [0.25, 0.3) is 0 Å². The van der Waals surface area contributed by atoms with Crippen molar-refractivity contribution in [2.75, 3.05) is 26.2 Å². The summed E-state index contributed by atoms with van der Waals surface area (Å²) in [5, 5.41) is 4.64. The largest absolute Gasteiger partial charge is 0.325 e. The van der Waals surface area contributed by atoms with Crippen molar-refractivity contribution in [3.8, 4) is 0 Å². The molecule has 2 aliphatic rings. The van der Waals surface area contributed by atoms with Crippen LogP contribution in [0.15, 0.2) is 42.7 Å². The van der Waals surface area contributed by atoms with Gasteiger partial charge < -0.3 is 14.8 Å². The quantitative estimate of drug-likeness (QED) is 0.548. The van der Waals surface area contributed by atoms with E-state index in [1.54, 1.807) is 6.07 Å². The molecular weight excluding hydrogens is 457 g/mol. The van der Waals surface area contributed by atoms with Gasteiger partial charge in [-0.05, 0) is 50.1 Å². The molecule has 1 aromatic heterocycles. The maximum Gasteiger partial charge on any atom is 0.240 e. The Kier molecular flexibility index (Phi) is 6.41. The highest BCUT2D eigenvalue weighted by Crippen LogP contribution is 2.31. The topological polar surface area (TPSA) is 53.2 Å². The number of carbonyl (C=O) groups excluding carboxylic acids is 1. The van der Waals surface area contributed by atoms with E-state index in [-0.39, 0.29) is 18.0 Å². The highest BCUT2D eigenvalue weighted by atomic mass is 35.5. The molecule has 0 aliphatic carbocycles. The van der Waals surface area contributed by atoms with Crippen molar-refractivity contribution < 1.29 is 9.37 Å². The summed E-state index contributed by atoms with van der Waals surface area (Å²) >= 11 is 12.6. The number of hydrogen-bond acceptors (Lipinski definition) is 3. The van der Waals surface area contributed by atoms with Crippen LogP contribution in [0.25, 0.3) is 11.0 Å². The first-order valence-corrected chi connectivity index (χ1v) is 12.3. The Labute approximate surface area is 203 Å². The number of piperidine rings is 1. The average molecular weight is 485 g/mol. The number of imidazole rings is 1. The predicted molar refractivity (Wildman–Crippen MR) is 133 cm³/mol. The molecule has 2 unspecified atom stereocenters. The van der Waals surface area contributed by atoms with Crippen LogP contribution < -0.4 is 5.32 Å². The normalized spacial score (nSPS) is 20.0. The van der Waals surface area contributed by atoms with Gasteiger partial charge in [0, 0.05) is 22.2 Å². The Balaban J connectivity index is 1.37. The second kappa shape index (κ2) is 9.45. The molecule has 1 amide bonds. The lowest BCUT2D eigenvalue weighted by atomic mass is 10.0. The summed E-state index contributed by atoms with van der Waals surface area (Å²) in [5.41, 5.74) is 4.08. The summed E-state index contributed by atoms with van der Waals surface area (Å²) in [5.74, 6) is 0.229. The maximum atomic E-state index is 12.8. The third-order valence-electron chi connectivity index (χ3n) is 6.77. The molecule has 2 atom stereocenters. The van der Waals surface area contributed by atoms with Gasteiger partial charge in [-0.15, -0.1) is 0 Å². The first-order valence-electron chi connectivity index (χ1n) is 11.5. The van der Waals surface area contributed by atoms with Crippen LogP contribution in [0.3, 0.4) is 0 Å². The Hall–Kier alpha value is -2.41. The first-order chi connectivity index (χ1) is 16.0. The number of fused-ring (bicyclic) bond motifs is 1. The molecule has 3 heterocycles. The highest BCUT2D eigenvalue weighted by Gasteiger charge is 2.29. The van der Waals surface area contributed by atoms with Crippen LogP contribution >= 0.6 is 23.2 Å². The zero-order valence-corrected chi connectivity index (χ0v) is 20.2. The van der Waals surface area contributed by atoms with Crippen molar-refractivity contribution >= 4 is 52.0 Å². The summed E-state index contributed by atoms with van der Waals surface area (Å²) in [7, 11) is 0. The molecule has 172 valence electrons. The monoisotopic (exact) mass is 484 g/mol. The molecule has 8 heteroatoms. The van der Waals surface area contributed by atoms with E-state index in [1.165, 1.54) is 0 Å². The van der Waals surface area contributed by atoms with Crippen molar-refractivity contribution in [2.45, 2.75) is 38.3 Å². The molecule has 3 aromatic rings. The Bertz CT molecular complexity index is 1210. The number of carbonyl (C=O) groups is 1. The zero-order valence-electron chi connectivity index (χ0n) is 18.7. The van der Waals surface area contributed by atoms with Crippen LogP contribution in [0.2, 0.25) is 10.0 Å². The molecule has 0 bridgehead atoms. The first kappa shape index (κ1) is 22.4. The molecule has 1 N–H and O–H groups in total. The van der Waals surface area contributed by atoms with E-state index in [4.69, 9.17) is 23.2 Å². The summed E-state index contributed by atoms with van der Waals surface area (Å²) < 4.78 is 4.37. The number of benzene rings is 2. The minimum atomic E-state index is -0.0226. The van der Waals surface area contributed by atoms with Crippen molar-refractivity contribution in [1.29, 1.82) is 0 Å².